The number of aromatic nitrogens is 2. The molecule has 2 unspecified atom stereocenters. The van der Waals surface area contributed by atoms with Gasteiger partial charge in [-0.3, -0.25) is 4.79 Å². The molecule has 1 aromatic heterocycles. The van der Waals surface area contributed by atoms with E-state index in [0.717, 1.165) is 23.2 Å². The Morgan fingerprint density at radius 3 is 3.25 bits per heavy atom. The minimum absolute atomic E-state index is 0.0232. The van der Waals surface area contributed by atoms with Gasteiger partial charge in [0.1, 0.15) is 0 Å². The number of nitrogens with zero attached hydrogens (tertiary/aromatic N) is 1. The molecule has 3 rings (SSSR count). The predicted octanol–water partition coefficient (Wildman–Crippen LogP) is 2.97. The van der Waals surface area contributed by atoms with Crippen LogP contribution in [0.4, 0.5) is 0 Å². The van der Waals surface area contributed by atoms with Crippen LogP contribution < -0.4 is 5.32 Å². The molecular formula is C15H19N3OS. The molecule has 2 aromatic rings. The maximum atomic E-state index is 12.4. The summed E-state index contributed by atoms with van der Waals surface area (Å²) < 4.78 is 0. The van der Waals surface area contributed by atoms with Gasteiger partial charge in [-0.15, -0.1) is 0 Å². The van der Waals surface area contributed by atoms with Gasteiger partial charge in [-0.25, -0.2) is 4.98 Å². The number of hydrogen-bond acceptors (Lipinski definition) is 3. The van der Waals surface area contributed by atoms with Crippen molar-refractivity contribution in [3.8, 4) is 0 Å². The molecule has 2 atom stereocenters. The molecule has 1 heterocycles. The first-order chi connectivity index (χ1) is 9.78. The van der Waals surface area contributed by atoms with Crippen LogP contribution in [0.1, 0.15) is 36.5 Å². The van der Waals surface area contributed by atoms with Crippen molar-refractivity contribution in [3.63, 3.8) is 0 Å². The molecule has 0 saturated heterocycles. The van der Waals surface area contributed by atoms with Crippen molar-refractivity contribution in [1.29, 1.82) is 0 Å². The van der Waals surface area contributed by atoms with Crippen LogP contribution in [0.2, 0.25) is 0 Å². The van der Waals surface area contributed by atoms with E-state index in [2.05, 4.69) is 22.2 Å². The number of fused-ring (bicyclic) bond motifs is 1. The molecule has 1 saturated carbocycles. The molecule has 0 spiro atoms. The lowest BCUT2D eigenvalue weighted by molar-refractivity contribution is 0.0939. The summed E-state index contributed by atoms with van der Waals surface area (Å²) in [5.74, 6) is 1.13. The summed E-state index contributed by atoms with van der Waals surface area (Å²) in [6.07, 6.45) is 5.16. The van der Waals surface area contributed by atoms with Crippen LogP contribution in [-0.4, -0.2) is 32.9 Å². The highest BCUT2D eigenvalue weighted by atomic mass is 32.2. The van der Waals surface area contributed by atoms with Crippen molar-refractivity contribution in [1.82, 2.24) is 15.3 Å². The highest BCUT2D eigenvalue weighted by molar-refractivity contribution is 7.99. The van der Waals surface area contributed by atoms with Gasteiger partial charge in [0, 0.05) is 16.9 Å². The number of amides is 1. The average Bonchev–Trinajstić information content (AvgIpc) is 3.07. The average molecular weight is 289 g/mol. The SMILES string of the molecule is CCSC1CCCC1NC(=O)c1ccc2nc[nH]c2c1. The minimum Gasteiger partial charge on any atom is -0.348 e. The number of hydrogen-bond donors (Lipinski definition) is 2. The molecule has 1 amide bonds. The van der Waals surface area contributed by atoms with Gasteiger partial charge in [0.05, 0.1) is 17.4 Å². The number of benzene rings is 1. The lowest BCUT2D eigenvalue weighted by Crippen LogP contribution is -2.38. The third kappa shape index (κ3) is 2.68. The first-order valence-electron chi connectivity index (χ1n) is 7.13. The van der Waals surface area contributed by atoms with Crippen molar-refractivity contribution < 1.29 is 4.79 Å². The van der Waals surface area contributed by atoms with E-state index in [9.17, 15) is 4.79 Å². The molecule has 0 radical (unpaired) electrons. The van der Waals surface area contributed by atoms with Crippen LogP contribution in [0.25, 0.3) is 11.0 Å². The summed E-state index contributed by atoms with van der Waals surface area (Å²) >= 11 is 1.96. The smallest absolute Gasteiger partial charge is 0.251 e. The van der Waals surface area contributed by atoms with E-state index >= 15 is 0 Å². The third-order valence-corrected chi connectivity index (χ3v) is 5.16. The first kappa shape index (κ1) is 13.5. The standard InChI is InChI=1S/C15H19N3OS/c1-2-20-14-5-3-4-12(14)18-15(19)10-6-7-11-13(8-10)17-9-16-11/h6-9,12,14H,2-5H2,1H3,(H,16,17)(H,18,19). The summed E-state index contributed by atoms with van der Waals surface area (Å²) in [6.45, 7) is 2.17. The van der Waals surface area contributed by atoms with Crippen LogP contribution in [0.5, 0.6) is 0 Å². The van der Waals surface area contributed by atoms with Crippen LogP contribution in [0, 0.1) is 0 Å². The number of aromatic amines is 1. The third-order valence-electron chi connectivity index (χ3n) is 3.83. The van der Waals surface area contributed by atoms with Crippen molar-refractivity contribution >= 4 is 28.7 Å². The Balaban J connectivity index is 1.72. The summed E-state index contributed by atoms with van der Waals surface area (Å²) in [7, 11) is 0. The second-order valence-corrected chi connectivity index (χ2v) is 6.66. The Kier molecular flexibility index (Phi) is 3.96. The second-order valence-electron chi connectivity index (χ2n) is 5.14. The van der Waals surface area contributed by atoms with E-state index in [1.54, 1.807) is 6.33 Å². The zero-order chi connectivity index (χ0) is 13.9. The van der Waals surface area contributed by atoms with Crippen LogP contribution in [-0.2, 0) is 0 Å². The van der Waals surface area contributed by atoms with Crippen molar-refractivity contribution in [2.24, 2.45) is 0 Å². The number of rotatable bonds is 4. The lowest BCUT2D eigenvalue weighted by atomic mass is 10.1. The van der Waals surface area contributed by atoms with Gasteiger partial charge in [0.15, 0.2) is 0 Å². The number of nitrogens with one attached hydrogen (secondary N) is 2. The zero-order valence-corrected chi connectivity index (χ0v) is 12.4. The first-order valence-corrected chi connectivity index (χ1v) is 8.18. The number of carbonyl (C=O) groups excluding carboxylic acids is 1. The topological polar surface area (TPSA) is 57.8 Å². The van der Waals surface area contributed by atoms with Gasteiger partial charge in [-0.05, 0) is 36.8 Å². The highest BCUT2D eigenvalue weighted by Gasteiger charge is 2.28. The molecule has 1 fully saturated rings. The Morgan fingerprint density at radius 1 is 1.50 bits per heavy atom. The fraction of sp³-hybridized carbons (Fsp3) is 0.467. The van der Waals surface area contributed by atoms with Crippen LogP contribution in [0.3, 0.4) is 0 Å². The molecule has 1 aliphatic rings. The Bertz CT molecular complexity index is 610. The number of H-pyrrole nitrogens is 1. The van der Waals surface area contributed by atoms with Gasteiger partial charge >= 0.3 is 0 Å². The minimum atomic E-state index is 0.0232. The number of carbonyl (C=O) groups is 1. The maximum absolute atomic E-state index is 12.4. The molecule has 20 heavy (non-hydrogen) atoms. The van der Waals surface area contributed by atoms with Gasteiger partial charge < -0.3 is 10.3 Å². The van der Waals surface area contributed by atoms with Crippen molar-refractivity contribution in [3.05, 3.63) is 30.1 Å². The van der Waals surface area contributed by atoms with Gasteiger partial charge in [0.2, 0.25) is 0 Å². The second kappa shape index (κ2) is 5.87. The Labute approximate surface area is 122 Å². The van der Waals surface area contributed by atoms with Gasteiger partial charge in [-0.1, -0.05) is 13.3 Å². The van der Waals surface area contributed by atoms with Crippen molar-refractivity contribution in [2.75, 3.05) is 5.75 Å². The molecule has 1 aromatic carbocycles. The normalized spacial score (nSPS) is 22.2. The molecule has 4 nitrogen and oxygen atoms in total. The van der Waals surface area contributed by atoms with Crippen LogP contribution >= 0.6 is 11.8 Å². The van der Waals surface area contributed by atoms with Crippen molar-refractivity contribution in [2.45, 2.75) is 37.5 Å². The monoisotopic (exact) mass is 289 g/mol. The maximum Gasteiger partial charge on any atom is 0.251 e. The van der Waals surface area contributed by atoms with E-state index in [-0.39, 0.29) is 5.91 Å². The van der Waals surface area contributed by atoms with E-state index in [0.29, 0.717) is 16.9 Å². The zero-order valence-electron chi connectivity index (χ0n) is 11.6. The Morgan fingerprint density at radius 2 is 2.40 bits per heavy atom. The number of thioether (sulfide) groups is 1. The molecule has 0 bridgehead atoms. The fourth-order valence-corrected chi connectivity index (χ4v) is 4.03. The largest absolute Gasteiger partial charge is 0.348 e. The predicted molar refractivity (Wildman–Crippen MR) is 83.1 cm³/mol. The highest BCUT2D eigenvalue weighted by Crippen LogP contribution is 2.30. The molecule has 1 aliphatic carbocycles. The number of imidazole rings is 1. The van der Waals surface area contributed by atoms with E-state index in [1.165, 1.54) is 12.8 Å². The van der Waals surface area contributed by atoms with Crippen LogP contribution in [0.15, 0.2) is 24.5 Å². The summed E-state index contributed by atoms with van der Waals surface area (Å²) in [4.78, 5) is 19.6. The summed E-state index contributed by atoms with van der Waals surface area (Å²) in [6, 6.07) is 5.91. The van der Waals surface area contributed by atoms with Gasteiger partial charge in [0.25, 0.3) is 5.91 Å². The summed E-state index contributed by atoms with van der Waals surface area (Å²) in [5.41, 5.74) is 2.50. The van der Waals surface area contributed by atoms with E-state index < -0.39 is 0 Å². The lowest BCUT2D eigenvalue weighted by Gasteiger charge is -2.20. The quantitative estimate of drug-likeness (QED) is 0.909. The molecule has 0 aliphatic heterocycles. The molecule has 2 N–H and O–H groups in total. The Hall–Kier alpha value is -1.49. The molecule has 5 heteroatoms. The van der Waals surface area contributed by atoms with E-state index in [4.69, 9.17) is 0 Å². The molecular weight excluding hydrogens is 270 g/mol. The van der Waals surface area contributed by atoms with E-state index in [1.807, 2.05) is 30.0 Å². The van der Waals surface area contributed by atoms with Gasteiger partial charge in [-0.2, -0.15) is 11.8 Å². The fourth-order valence-electron chi connectivity index (χ4n) is 2.83. The summed E-state index contributed by atoms with van der Waals surface area (Å²) in [5, 5.41) is 3.76. The molecule has 106 valence electrons.